The van der Waals surface area contributed by atoms with Crippen LogP contribution in [0.2, 0.25) is 0 Å². The fourth-order valence-corrected chi connectivity index (χ4v) is 5.78. The highest BCUT2D eigenvalue weighted by molar-refractivity contribution is 5.97. The second-order valence-corrected chi connectivity index (χ2v) is 12.6. The molecule has 0 aromatic carbocycles. The zero-order valence-electron chi connectivity index (χ0n) is 29.2. The van der Waals surface area contributed by atoms with E-state index in [0.717, 1.165) is 0 Å². The molecule has 0 aliphatic carbocycles. The van der Waals surface area contributed by atoms with Crippen molar-refractivity contribution in [2.75, 3.05) is 26.7 Å². The van der Waals surface area contributed by atoms with Gasteiger partial charge in [0.2, 0.25) is 17.7 Å². The van der Waals surface area contributed by atoms with E-state index in [2.05, 4.69) is 10.6 Å². The molecule has 2 atom stereocenters. The van der Waals surface area contributed by atoms with E-state index in [1.165, 1.54) is 0 Å². The lowest BCUT2D eigenvalue weighted by Gasteiger charge is -2.47. The van der Waals surface area contributed by atoms with Crippen LogP contribution in [0.5, 0.6) is 0 Å². The minimum Gasteiger partial charge on any atom is -0.463 e. The number of amides is 3. The van der Waals surface area contributed by atoms with Crippen molar-refractivity contribution in [1.82, 2.24) is 20.4 Å². The van der Waals surface area contributed by atoms with Gasteiger partial charge >= 0.3 is 5.97 Å². The Hall–Kier alpha value is -2.42. The molecule has 0 saturated carbocycles. The predicted octanol–water partition coefficient (Wildman–Crippen LogP) is 5.09. The lowest BCUT2D eigenvalue weighted by molar-refractivity contribution is -0.155. The maximum absolute atomic E-state index is 14.4. The second-order valence-electron chi connectivity index (χ2n) is 12.6. The SMILES string of the molecule is CCNC(CC)(CC)C(=O)N(CC)C(CC)(CC)C(=O)N[C@H](C(=O)N(C)[C@H](C=C(C)C(=O)OCC)C(C)C)C(C)(C)C. The fourth-order valence-electron chi connectivity index (χ4n) is 5.78. The predicted molar refractivity (Wildman–Crippen MR) is 171 cm³/mol. The maximum atomic E-state index is 14.4. The van der Waals surface area contributed by atoms with Crippen LogP contribution < -0.4 is 10.6 Å². The quantitative estimate of drug-likeness (QED) is 0.180. The van der Waals surface area contributed by atoms with Crippen molar-refractivity contribution in [3.63, 3.8) is 0 Å². The normalized spacial score (nSPS) is 14.3. The van der Waals surface area contributed by atoms with E-state index in [1.807, 2.05) is 76.2 Å². The molecule has 0 heterocycles. The number of nitrogens with one attached hydrogen (secondary N) is 2. The molecular weight excluding hydrogens is 532 g/mol. The Balaban J connectivity index is 6.68. The van der Waals surface area contributed by atoms with Gasteiger partial charge in [0.15, 0.2) is 0 Å². The molecule has 42 heavy (non-hydrogen) atoms. The highest BCUT2D eigenvalue weighted by Gasteiger charge is 2.50. The lowest BCUT2D eigenvalue weighted by atomic mass is 9.81. The number of carbonyl (C=O) groups is 4. The highest BCUT2D eigenvalue weighted by atomic mass is 16.5. The van der Waals surface area contributed by atoms with Crippen molar-refractivity contribution in [3.05, 3.63) is 11.6 Å². The van der Waals surface area contributed by atoms with E-state index in [9.17, 15) is 19.2 Å². The molecule has 0 fully saturated rings. The van der Waals surface area contributed by atoms with Crippen LogP contribution in [0, 0.1) is 11.3 Å². The van der Waals surface area contributed by atoms with E-state index < -0.39 is 34.5 Å². The topological polar surface area (TPSA) is 108 Å². The Bertz CT molecular complexity index is 929. The van der Waals surface area contributed by atoms with Gasteiger partial charge in [-0.2, -0.15) is 0 Å². The first-order valence-electron chi connectivity index (χ1n) is 15.9. The van der Waals surface area contributed by atoms with Gasteiger partial charge in [0.05, 0.1) is 18.2 Å². The molecule has 0 radical (unpaired) electrons. The smallest absolute Gasteiger partial charge is 0.333 e. The molecule has 9 heteroatoms. The highest BCUT2D eigenvalue weighted by Crippen LogP contribution is 2.32. The summed E-state index contributed by atoms with van der Waals surface area (Å²) in [5, 5.41) is 6.50. The third-order valence-corrected chi connectivity index (χ3v) is 8.69. The van der Waals surface area contributed by atoms with Crippen molar-refractivity contribution in [2.24, 2.45) is 11.3 Å². The second kappa shape index (κ2) is 17.0. The Kier molecular flexibility index (Phi) is 16.0. The molecule has 0 bridgehead atoms. The Morgan fingerprint density at radius 1 is 0.881 bits per heavy atom. The van der Waals surface area contributed by atoms with Crippen molar-refractivity contribution in [3.8, 4) is 0 Å². The Morgan fingerprint density at radius 2 is 1.40 bits per heavy atom. The van der Waals surface area contributed by atoms with E-state index in [0.29, 0.717) is 44.3 Å². The van der Waals surface area contributed by atoms with E-state index in [-0.39, 0.29) is 30.2 Å². The summed E-state index contributed by atoms with van der Waals surface area (Å²) in [6.07, 6.45) is 3.77. The average molecular weight is 595 g/mol. The number of hydrogen-bond acceptors (Lipinski definition) is 6. The largest absolute Gasteiger partial charge is 0.463 e. The third-order valence-electron chi connectivity index (χ3n) is 8.69. The van der Waals surface area contributed by atoms with Gasteiger partial charge in [-0.05, 0) is 64.3 Å². The number of ether oxygens (including phenoxy) is 1. The molecule has 0 aliphatic rings. The van der Waals surface area contributed by atoms with Crippen molar-refractivity contribution >= 4 is 23.7 Å². The van der Waals surface area contributed by atoms with Gasteiger partial charge in [-0.1, -0.05) is 75.3 Å². The van der Waals surface area contributed by atoms with Crippen LogP contribution in [-0.2, 0) is 23.9 Å². The molecule has 3 amide bonds. The molecule has 0 aliphatic heterocycles. The van der Waals surface area contributed by atoms with Gasteiger partial charge in [-0.3, -0.25) is 14.4 Å². The first-order chi connectivity index (χ1) is 19.4. The zero-order chi connectivity index (χ0) is 33.1. The summed E-state index contributed by atoms with van der Waals surface area (Å²) in [5.74, 6) is -1.10. The van der Waals surface area contributed by atoms with Crippen molar-refractivity contribution in [1.29, 1.82) is 0 Å². The first-order valence-corrected chi connectivity index (χ1v) is 15.9. The number of esters is 1. The van der Waals surface area contributed by atoms with Crippen LogP contribution in [0.25, 0.3) is 0 Å². The number of likely N-dealkylation sites (N-methyl/N-ethyl adjacent to an activating group) is 3. The Morgan fingerprint density at radius 3 is 1.76 bits per heavy atom. The average Bonchev–Trinajstić information content (AvgIpc) is 2.94. The van der Waals surface area contributed by atoms with Crippen LogP contribution in [-0.4, -0.2) is 83.4 Å². The number of carbonyl (C=O) groups excluding carboxylic acids is 4. The van der Waals surface area contributed by atoms with Crippen LogP contribution in [0.3, 0.4) is 0 Å². The van der Waals surface area contributed by atoms with E-state index >= 15 is 0 Å². The van der Waals surface area contributed by atoms with E-state index in [1.54, 1.807) is 36.8 Å². The summed E-state index contributed by atoms with van der Waals surface area (Å²) in [5.41, 5.74) is -2.10. The molecule has 0 unspecified atom stereocenters. The van der Waals surface area contributed by atoms with Crippen molar-refractivity contribution in [2.45, 2.75) is 139 Å². The van der Waals surface area contributed by atoms with Crippen LogP contribution in [0.15, 0.2) is 11.6 Å². The first kappa shape index (κ1) is 39.6. The minimum atomic E-state index is -1.13. The monoisotopic (exact) mass is 594 g/mol. The number of rotatable bonds is 17. The summed E-state index contributed by atoms with van der Waals surface area (Å²) in [4.78, 5) is 58.3. The number of nitrogens with zero attached hydrogens (tertiary/aromatic N) is 2. The van der Waals surface area contributed by atoms with Crippen LogP contribution in [0.4, 0.5) is 0 Å². The van der Waals surface area contributed by atoms with Gasteiger partial charge in [0, 0.05) is 19.2 Å². The van der Waals surface area contributed by atoms with Gasteiger partial charge in [0.25, 0.3) is 0 Å². The summed E-state index contributed by atoms with van der Waals surface area (Å²) >= 11 is 0. The van der Waals surface area contributed by atoms with Crippen molar-refractivity contribution < 1.29 is 23.9 Å². The van der Waals surface area contributed by atoms with Gasteiger partial charge in [-0.25, -0.2) is 4.79 Å². The Labute approximate surface area is 256 Å². The molecule has 0 aromatic heterocycles. The van der Waals surface area contributed by atoms with Crippen LogP contribution >= 0.6 is 0 Å². The summed E-state index contributed by atoms with van der Waals surface area (Å²) in [7, 11) is 1.70. The summed E-state index contributed by atoms with van der Waals surface area (Å²) in [6, 6.07) is -1.26. The zero-order valence-corrected chi connectivity index (χ0v) is 29.2. The molecule has 0 saturated heterocycles. The molecule has 2 N–H and O–H groups in total. The molecule has 0 rings (SSSR count). The molecular formula is C33H62N4O5. The standard InChI is InChI=1S/C33H62N4O5/c1-15-32(16-2,34-19-5)30(41)37(20-6)33(17-3,18-4)29(40)35-26(31(11,12)13)27(38)36(14)25(23(8)9)22-24(10)28(39)42-21-7/h22-23,25-26,34H,15-21H2,1-14H3,(H,35,40)/t25-,26-/m1/s1. The lowest BCUT2D eigenvalue weighted by Crippen LogP contribution is -2.69. The van der Waals surface area contributed by atoms with Gasteiger partial charge < -0.3 is 25.2 Å². The summed E-state index contributed by atoms with van der Waals surface area (Å²) in [6.45, 7) is 26.1. The van der Waals surface area contributed by atoms with E-state index in [4.69, 9.17) is 4.74 Å². The van der Waals surface area contributed by atoms with Crippen LogP contribution in [0.1, 0.15) is 116 Å². The van der Waals surface area contributed by atoms with Gasteiger partial charge in [0.1, 0.15) is 11.6 Å². The fraction of sp³-hybridized carbons (Fsp3) is 0.818. The molecule has 0 spiro atoms. The van der Waals surface area contributed by atoms with Gasteiger partial charge in [-0.15, -0.1) is 0 Å². The molecule has 244 valence electrons. The maximum Gasteiger partial charge on any atom is 0.333 e. The molecule has 9 nitrogen and oxygen atoms in total. The summed E-state index contributed by atoms with van der Waals surface area (Å²) < 4.78 is 5.14. The number of hydrogen-bond donors (Lipinski definition) is 2. The molecule has 0 aromatic rings. The minimum absolute atomic E-state index is 0.000464. The third kappa shape index (κ3) is 9.04.